The molecule has 0 aromatic heterocycles. The molecular formula is C14H21BrO. The summed E-state index contributed by atoms with van der Waals surface area (Å²) < 4.78 is 6.03. The van der Waals surface area contributed by atoms with Crippen LogP contribution in [0.5, 0.6) is 0 Å². The van der Waals surface area contributed by atoms with Crippen LogP contribution in [0, 0.1) is 6.92 Å². The minimum Gasteiger partial charge on any atom is -0.370 e. The third kappa shape index (κ3) is 4.26. The van der Waals surface area contributed by atoms with E-state index in [0.29, 0.717) is 6.10 Å². The fourth-order valence-corrected chi connectivity index (χ4v) is 2.36. The van der Waals surface area contributed by atoms with Gasteiger partial charge < -0.3 is 4.74 Å². The van der Waals surface area contributed by atoms with Gasteiger partial charge >= 0.3 is 0 Å². The summed E-state index contributed by atoms with van der Waals surface area (Å²) in [6, 6.07) is 8.54. The number of alkyl halides is 1. The number of halogens is 1. The molecule has 0 bridgehead atoms. The first-order valence-electron chi connectivity index (χ1n) is 5.95. The third-order valence-electron chi connectivity index (χ3n) is 2.65. The molecule has 2 heteroatoms. The molecule has 2 atom stereocenters. The van der Waals surface area contributed by atoms with Gasteiger partial charge in [0.25, 0.3) is 0 Å². The fourth-order valence-electron chi connectivity index (χ4n) is 1.83. The summed E-state index contributed by atoms with van der Waals surface area (Å²) in [4.78, 5) is 0. The van der Waals surface area contributed by atoms with Gasteiger partial charge in [0.2, 0.25) is 0 Å². The predicted molar refractivity (Wildman–Crippen MR) is 73.2 cm³/mol. The van der Waals surface area contributed by atoms with Crippen molar-refractivity contribution in [3.8, 4) is 0 Å². The Labute approximate surface area is 107 Å². The number of ether oxygens (including phenoxy) is 1. The highest BCUT2D eigenvalue weighted by Crippen LogP contribution is 2.23. The van der Waals surface area contributed by atoms with Crippen LogP contribution >= 0.6 is 15.9 Å². The van der Waals surface area contributed by atoms with Crippen molar-refractivity contribution in [1.82, 2.24) is 0 Å². The zero-order valence-corrected chi connectivity index (χ0v) is 12.0. The quantitative estimate of drug-likeness (QED) is 0.692. The van der Waals surface area contributed by atoms with Gasteiger partial charge in [0, 0.05) is 5.33 Å². The molecule has 16 heavy (non-hydrogen) atoms. The highest BCUT2D eigenvalue weighted by atomic mass is 79.9. The Kier molecular flexibility index (Phi) is 6.07. The van der Waals surface area contributed by atoms with Gasteiger partial charge in [-0.3, -0.25) is 0 Å². The summed E-state index contributed by atoms with van der Waals surface area (Å²) >= 11 is 3.53. The van der Waals surface area contributed by atoms with Crippen LogP contribution in [0.3, 0.4) is 0 Å². The van der Waals surface area contributed by atoms with Crippen molar-refractivity contribution in [3.63, 3.8) is 0 Å². The first-order chi connectivity index (χ1) is 7.67. The molecule has 1 aromatic carbocycles. The zero-order chi connectivity index (χ0) is 12.0. The van der Waals surface area contributed by atoms with E-state index in [1.807, 2.05) is 0 Å². The van der Waals surface area contributed by atoms with Crippen LogP contribution in [0.1, 0.15) is 43.9 Å². The summed E-state index contributed by atoms with van der Waals surface area (Å²) in [6.07, 6.45) is 2.79. The normalized spacial score (nSPS) is 14.8. The topological polar surface area (TPSA) is 9.23 Å². The summed E-state index contributed by atoms with van der Waals surface area (Å²) in [5.74, 6) is 0. The molecule has 0 N–H and O–H groups in total. The Bertz CT molecular complexity index is 311. The highest BCUT2D eigenvalue weighted by molar-refractivity contribution is 9.09. The number of hydrogen-bond donors (Lipinski definition) is 0. The van der Waals surface area contributed by atoms with Crippen molar-refractivity contribution < 1.29 is 4.74 Å². The van der Waals surface area contributed by atoms with E-state index in [0.717, 1.165) is 11.8 Å². The lowest BCUT2D eigenvalue weighted by molar-refractivity contribution is 0.00587. The van der Waals surface area contributed by atoms with Crippen molar-refractivity contribution >= 4 is 15.9 Å². The number of hydrogen-bond acceptors (Lipinski definition) is 1. The second-order valence-corrected chi connectivity index (χ2v) is 4.94. The molecule has 0 fully saturated rings. The van der Waals surface area contributed by atoms with Gasteiger partial charge in [0.05, 0.1) is 12.2 Å². The second kappa shape index (κ2) is 7.08. The minimum atomic E-state index is 0.168. The molecule has 0 aliphatic heterocycles. The Morgan fingerprint density at radius 2 is 2.12 bits per heavy atom. The Hall–Kier alpha value is -0.340. The summed E-state index contributed by atoms with van der Waals surface area (Å²) in [5.41, 5.74) is 2.55. The van der Waals surface area contributed by atoms with E-state index in [1.54, 1.807) is 0 Å². The average molecular weight is 285 g/mol. The lowest BCUT2D eigenvalue weighted by atomic mass is 10.1. The van der Waals surface area contributed by atoms with Gasteiger partial charge in [-0.25, -0.2) is 0 Å². The molecule has 90 valence electrons. The summed E-state index contributed by atoms with van der Waals surface area (Å²) in [5, 5.41) is 0.852. The van der Waals surface area contributed by atoms with E-state index in [2.05, 4.69) is 61.0 Å². The van der Waals surface area contributed by atoms with Crippen LogP contribution in [0.2, 0.25) is 0 Å². The van der Waals surface area contributed by atoms with E-state index >= 15 is 0 Å². The summed E-state index contributed by atoms with van der Waals surface area (Å²) in [7, 11) is 0. The number of rotatable bonds is 6. The molecule has 2 unspecified atom stereocenters. The molecular weight excluding hydrogens is 264 g/mol. The maximum absolute atomic E-state index is 6.03. The van der Waals surface area contributed by atoms with E-state index in [4.69, 9.17) is 4.74 Å². The standard InChI is InChI=1S/C14H21BrO/c1-4-6-12(3)16-14(10-15)13-8-5-7-11(2)9-13/h5,7-9,12,14H,4,6,10H2,1-3H3. The molecule has 1 nitrogen and oxygen atoms in total. The Morgan fingerprint density at radius 3 is 2.69 bits per heavy atom. The largest absolute Gasteiger partial charge is 0.370 e. The Morgan fingerprint density at radius 1 is 1.38 bits per heavy atom. The van der Waals surface area contributed by atoms with Crippen LogP contribution in [-0.2, 0) is 4.74 Å². The van der Waals surface area contributed by atoms with E-state index in [-0.39, 0.29) is 6.10 Å². The Balaban J connectivity index is 2.67. The van der Waals surface area contributed by atoms with Gasteiger partial charge in [-0.15, -0.1) is 0 Å². The van der Waals surface area contributed by atoms with Crippen LogP contribution in [0.25, 0.3) is 0 Å². The first kappa shape index (κ1) is 13.7. The summed E-state index contributed by atoms with van der Waals surface area (Å²) in [6.45, 7) is 6.45. The lowest BCUT2D eigenvalue weighted by Crippen LogP contribution is -2.14. The van der Waals surface area contributed by atoms with Crippen LogP contribution in [-0.4, -0.2) is 11.4 Å². The van der Waals surface area contributed by atoms with E-state index < -0.39 is 0 Å². The smallest absolute Gasteiger partial charge is 0.0925 e. The van der Waals surface area contributed by atoms with E-state index in [9.17, 15) is 0 Å². The van der Waals surface area contributed by atoms with E-state index in [1.165, 1.54) is 17.5 Å². The lowest BCUT2D eigenvalue weighted by Gasteiger charge is -2.21. The molecule has 0 radical (unpaired) electrons. The number of benzene rings is 1. The molecule has 0 saturated heterocycles. The van der Waals surface area contributed by atoms with Gasteiger partial charge in [-0.2, -0.15) is 0 Å². The zero-order valence-electron chi connectivity index (χ0n) is 10.4. The fraction of sp³-hybridized carbons (Fsp3) is 0.571. The molecule has 0 amide bonds. The maximum Gasteiger partial charge on any atom is 0.0925 e. The number of aryl methyl sites for hydroxylation is 1. The van der Waals surface area contributed by atoms with Crippen molar-refractivity contribution in [2.24, 2.45) is 0 Å². The third-order valence-corrected chi connectivity index (χ3v) is 3.23. The van der Waals surface area contributed by atoms with Gasteiger partial charge in [-0.05, 0) is 25.8 Å². The molecule has 1 aromatic rings. The SMILES string of the molecule is CCCC(C)OC(CBr)c1cccc(C)c1. The predicted octanol–water partition coefficient (Wildman–Crippen LogP) is 4.64. The first-order valence-corrected chi connectivity index (χ1v) is 7.07. The van der Waals surface area contributed by atoms with Gasteiger partial charge in [0.1, 0.15) is 0 Å². The highest BCUT2D eigenvalue weighted by Gasteiger charge is 2.13. The molecule has 0 heterocycles. The molecule has 0 aliphatic carbocycles. The van der Waals surface area contributed by atoms with Gasteiger partial charge in [-0.1, -0.05) is 59.1 Å². The van der Waals surface area contributed by atoms with Crippen LogP contribution in [0.4, 0.5) is 0 Å². The molecule has 0 saturated carbocycles. The van der Waals surface area contributed by atoms with Gasteiger partial charge in [0.15, 0.2) is 0 Å². The maximum atomic E-state index is 6.03. The average Bonchev–Trinajstić information content (AvgIpc) is 2.26. The van der Waals surface area contributed by atoms with Crippen molar-refractivity contribution in [3.05, 3.63) is 35.4 Å². The van der Waals surface area contributed by atoms with Crippen molar-refractivity contribution in [2.45, 2.75) is 45.8 Å². The molecule has 1 rings (SSSR count). The van der Waals surface area contributed by atoms with Crippen LogP contribution < -0.4 is 0 Å². The minimum absolute atomic E-state index is 0.168. The molecule has 0 spiro atoms. The molecule has 0 aliphatic rings. The monoisotopic (exact) mass is 284 g/mol. The second-order valence-electron chi connectivity index (χ2n) is 4.29. The van der Waals surface area contributed by atoms with Crippen LogP contribution in [0.15, 0.2) is 24.3 Å². The van der Waals surface area contributed by atoms with Crippen molar-refractivity contribution in [1.29, 1.82) is 0 Å². The van der Waals surface area contributed by atoms with Crippen molar-refractivity contribution in [2.75, 3.05) is 5.33 Å².